The summed E-state index contributed by atoms with van der Waals surface area (Å²) >= 11 is 0. The van der Waals surface area contributed by atoms with Crippen LogP contribution in [0.4, 0.5) is 10.5 Å². The van der Waals surface area contributed by atoms with Crippen LogP contribution in [0.2, 0.25) is 0 Å². The summed E-state index contributed by atoms with van der Waals surface area (Å²) in [7, 11) is 3.35. The van der Waals surface area contributed by atoms with Gasteiger partial charge < -0.3 is 19.5 Å². The smallest absolute Gasteiger partial charge is 0.412 e. The first-order valence-corrected chi connectivity index (χ1v) is 7.70. The third-order valence-electron chi connectivity index (χ3n) is 3.77. The van der Waals surface area contributed by atoms with Gasteiger partial charge in [-0.3, -0.25) is 5.32 Å². The Bertz CT molecular complexity index is 557. The Morgan fingerprint density at radius 2 is 2.00 bits per heavy atom. The lowest BCUT2D eigenvalue weighted by Gasteiger charge is -2.41. The van der Waals surface area contributed by atoms with Crippen LogP contribution in [0.3, 0.4) is 0 Å². The lowest BCUT2D eigenvalue weighted by Crippen LogP contribution is -2.61. The van der Waals surface area contributed by atoms with Crippen molar-refractivity contribution in [1.82, 2.24) is 5.32 Å². The number of ether oxygens (including phenoxy) is 3. The number of carbonyl (C=O) groups is 1. The zero-order chi connectivity index (χ0) is 17.1. The summed E-state index contributed by atoms with van der Waals surface area (Å²) in [5.41, 5.74) is 0.979. The molecule has 1 heterocycles. The SMILES string of the molecule is COc1cc(NC(=O)OC(C)(C)C)ccc1CC1(OC)CNC1. The Morgan fingerprint density at radius 1 is 1.30 bits per heavy atom. The highest BCUT2D eigenvalue weighted by molar-refractivity contribution is 5.85. The molecule has 1 fully saturated rings. The molecule has 0 aliphatic carbocycles. The van der Waals surface area contributed by atoms with Crippen LogP contribution >= 0.6 is 0 Å². The number of methoxy groups -OCH3 is 2. The summed E-state index contributed by atoms with van der Waals surface area (Å²) < 4.78 is 16.3. The highest BCUT2D eigenvalue weighted by Crippen LogP contribution is 2.30. The number of benzene rings is 1. The van der Waals surface area contributed by atoms with Gasteiger partial charge in [0.15, 0.2) is 0 Å². The van der Waals surface area contributed by atoms with Crippen LogP contribution in [0.15, 0.2) is 18.2 Å². The third-order valence-corrected chi connectivity index (χ3v) is 3.77. The second-order valence-corrected chi connectivity index (χ2v) is 6.82. The van der Waals surface area contributed by atoms with Crippen molar-refractivity contribution in [3.05, 3.63) is 23.8 Å². The fraction of sp³-hybridized carbons (Fsp3) is 0.588. The van der Waals surface area contributed by atoms with E-state index in [2.05, 4.69) is 10.6 Å². The van der Waals surface area contributed by atoms with Gasteiger partial charge in [-0.15, -0.1) is 0 Å². The van der Waals surface area contributed by atoms with E-state index in [4.69, 9.17) is 14.2 Å². The summed E-state index contributed by atoms with van der Waals surface area (Å²) in [5, 5.41) is 5.95. The van der Waals surface area contributed by atoms with Gasteiger partial charge in [-0.25, -0.2) is 4.79 Å². The number of rotatable bonds is 5. The fourth-order valence-corrected chi connectivity index (χ4v) is 2.48. The van der Waals surface area contributed by atoms with Gasteiger partial charge in [0.25, 0.3) is 0 Å². The predicted octanol–water partition coefficient (Wildman–Crippen LogP) is 2.57. The van der Waals surface area contributed by atoms with Crippen LogP contribution in [0, 0.1) is 0 Å². The lowest BCUT2D eigenvalue weighted by molar-refractivity contribution is -0.0505. The van der Waals surface area contributed by atoms with Crippen molar-refractivity contribution in [1.29, 1.82) is 0 Å². The second-order valence-electron chi connectivity index (χ2n) is 6.82. The molecule has 1 amide bonds. The van der Waals surface area contributed by atoms with E-state index in [-0.39, 0.29) is 5.60 Å². The zero-order valence-electron chi connectivity index (χ0n) is 14.5. The largest absolute Gasteiger partial charge is 0.496 e. The van der Waals surface area contributed by atoms with Crippen LogP contribution < -0.4 is 15.4 Å². The van der Waals surface area contributed by atoms with E-state index in [1.165, 1.54) is 0 Å². The molecule has 0 bridgehead atoms. The van der Waals surface area contributed by atoms with Gasteiger partial charge in [0, 0.05) is 38.4 Å². The molecule has 1 aliphatic rings. The molecule has 2 N–H and O–H groups in total. The molecule has 0 unspecified atom stereocenters. The predicted molar refractivity (Wildman–Crippen MR) is 89.2 cm³/mol. The maximum Gasteiger partial charge on any atom is 0.412 e. The van der Waals surface area contributed by atoms with Crippen LogP contribution in [0.5, 0.6) is 5.75 Å². The molecule has 2 rings (SSSR count). The van der Waals surface area contributed by atoms with Crippen molar-refractivity contribution in [2.75, 3.05) is 32.6 Å². The van der Waals surface area contributed by atoms with Gasteiger partial charge in [0.1, 0.15) is 11.4 Å². The van der Waals surface area contributed by atoms with Crippen molar-refractivity contribution in [2.24, 2.45) is 0 Å². The average Bonchev–Trinajstić information content (AvgIpc) is 2.41. The Kier molecular flexibility index (Phi) is 5.16. The first-order valence-electron chi connectivity index (χ1n) is 7.70. The molecule has 6 nitrogen and oxygen atoms in total. The topological polar surface area (TPSA) is 68.8 Å². The number of amides is 1. The molecule has 0 spiro atoms. The summed E-state index contributed by atoms with van der Waals surface area (Å²) in [6, 6.07) is 5.59. The van der Waals surface area contributed by atoms with E-state index in [0.29, 0.717) is 5.69 Å². The van der Waals surface area contributed by atoms with Gasteiger partial charge in [0.2, 0.25) is 0 Å². The number of hydrogen-bond donors (Lipinski definition) is 2. The molecule has 1 aromatic rings. The summed E-state index contributed by atoms with van der Waals surface area (Å²) in [6.45, 7) is 7.13. The molecule has 0 aromatic heterocycles. The maximum absolute atomic E-state index is 11.8. The number of nitrogens with one attached hydrogen (secondary N) is 2. The van der Waals surface area contributed by atoms with Crippen LogP contribution in [0.25, 0.3) is 0 Å². The first kappa shape index (κ1) is 17.6. The summed E-state index contributed by atoms with van der Waals surface area (Å²) in [4.78, 5) is 11.8. The van der Waals surface area contributed by atoms with E-state index in [0.717, 1.165) is 30.8 Å². The minimum Gasteiger partial charge on any atom is -0.496 e. The molecule has 1 aliphatic heterocycles. The quantitative estimate of drug-likeness (QED) is 0.872. The molecule has 6 heteroatoms. The number of anilines is 1. The van der Waals surface area contributed by atoms with Crippen LogP contribution in [-0.2, 0) is 15.9 Å². The van der Waals surface area contributed by atoms with Crippen LogP contribution in [0.1, 0.15) is 26.3 Å². The second kappa shape index (κ2) is 6.76. The highest BCUT2D eigenvalue weighted by Gasteiger charge is 2.37. The Hall–Kier alpha value is -1.79. The minimum atomic E-state index is -0.532. The van der Waals surface area contributed by atoms with Crippen molar-refractivity contribution in [3.63, 3.8) is 0 Å². The maximum atomic E-state index is 11.8. The standard InChI is InChI=1S/C17H26N2O4/c1-16(2,3)23-15(20)19-13-7-6-12(14(8-13)21-4)9-17(22-5)10-18-11-17/h6-8,18H,9-11H2,1-5H3,(H,19,20). The number of hydrogen-bond acceptors (Lipinski definition) is 5. The third kappa shape index (κ3) is 4.59. The summed E-state index contributed by atoms with van der Waals surface area (Å²) in [5.74, 6) is 0.724. The monoisotopic (exact) mass is 322 g/mol. The van der Waals surface area contributed by atoms with Crippen molar-refractivity contribution in [3.8, 4) is 5.75 Å². The molecule has 0 saturated carbocycles. The van der Waals surface area contributed by atoms with Crippen LogP contribution in [-0.4, -0.2) is 44.6 Å². The Morgan fingerprint density at radius 3 is 2.48 bits per heavy atom. The molecule has 128 valence electrons. The van der Waals surface area contributed by atoms with Crippen molar-refractivity contribution in [2.45, 2.75) is 38.4 Å². The first-order chi connectivity index (χ1) is 10.8. The Labute approximate surface area is 137 Å². The van der Waals surface area contributed by atoms with E-state index in [1.54, 1.807) is 20.3 Å². The van der Waals surface area contributed by atoms with Crippen molar-refractivity contribution < 1.29 is 19.0 Å². The zero-order valence-corrected chi connectivity index (χ0v) is 14.5. The highest BCUT2D eigenvalue weighted by atomic mass is 16.6. The molecule has 1 aromatic carbocycles. The van der Waals surface area contributed by atoms with E-state index in [9.17, 15) is 4.79 Å². The van der Waals surface area contributed by atoms with Gasteiger partial charge in [-0.1, -0.05) is 6.07 Å². The molecular formula is C17H26N2O4. The lowest BCUT2D eigenvalue weighted by atomic mass is 9.88. The van der Waals surface area contributed by atoms with E-state index >= 15 is 0 Å². The minimum absolute atomic E-state index is 0.173. The van der Waals surface area contributed by atoms with Crippen molar-refractivity contribution >= 4 is 11.8 Å². The van der Waals surface area contributed by atoms with Gasteiger partial charge in [-0.05, 0) is 32.4 Å². The summed E-state index contributed by atoms with van der Waals surface area (Å²) in [6.07, 6.45) is 0.274. The molecule has 0 radical (unpaired) electrons. The van der Waals surface area contributed by atoms with Gasteiger partial charge in [0.05, 0.1) is 12.7 Å². The van der Waals surface area contributed by atoms with E-state index in [1.807, 2.05) is 32.9 Å². The normalized spacial score (nSPS) is 16.4. The average molecular weight is 322 g/mol. The van der Waals surface area contributed by atoms with Gasteiger partial charge >= 0.3 is 6.09 Å². The Balaban J connectivity index is 2.08. The molecule has 23 heavy (non-hydrogen) atoms. The molecule has 1 saturated heterocycles. The van der Waals surface area contributed by atoms with E-state index < -0.39 is 11.7 Å². The van der Waals surface area contributed by atoms with Gasteiger partial charge in [-0.2, -0.15) is 0 Å². The molecular weight excluding hydrogens is 296 g/mol. The molecule has 0 atom stereocenters. The number of carbonyl (C=O) groups excluding carboxylic acids is 1. The fourth-order valence-electron chi connectivity index (χ4n) is 2.48.